The van der Waals surface area contributed by atoms with Crippen molar-refractivity contribution in [1.29, 1.82) is 0 Å². The molecule has 0 unspecified atom stereocenters. The van der Waals surface area contributed by atoms with Gasteiger partial charge in [-0.3, -0.25) is 9.59 Å². The first kappa shape index (κ1) is 20.9. The summed E-state index contributed by atoms with van der Waals surface area (Å²) in [5.74, 6) is 0.142. The molecule has 31 heavy (non-hydrogen) atoms. The van der Waals surface area contributed by atoms with Crippen molar-refractivity contribution in [3.8, 4) is 5.75 Å². The van der Waals surface area contributed by atoms with Crippen molar-refractivity contribution in [1.82, 2.24) is 0 Å². The molecule has 0 aliphatic carbocycles. The summed E-state index contributed by atoms with van der Waals surface area (Å²) in [6, 6.07) is 18.8. The van der Waals surface area contributed by atoms with Crippen molar-refractivity contribution in [3.63, 3.8) is 0 Å². The molecule has 0 saturated heterocycles. The summed E-state index contributed by atoms with van der Waals surface area (Å²) in [5, 5.41) is 0.457. The molecule has 1 aliphatic rings. The summed E-state index contributed by atoms with van der Waals surface area (Å²) < 4.78 is 10.7. The molecule has 0 N–H and O–H groups in total. The zero-order valence-electron chi connectivity index (χ0n) is 17.4. The predicted molar refractivity (Wildman–Crippen MR) is 120 cm³/mol. The van der Waals surface area contributed by atoms with Gasteiger partial charge in [0, 0.05) is 11.3 Å². The van der Waals surface area contributed by atoms with Crippen molar-refractivity contribution in [2.24, 2.45) is 0 Å². The van der Waals surface area contributed by atoms with Gasteiger partial charge >= 0.3 is 5.97 Å². The molecule has 0 aromatic heterocycles. The van der Waals surface area contributed by atoms with Gasteiger partial charge in [-0.25, -0.2) is 0 Å². The van der Waals surface area contributed by atoms with Gasteiger partial charge in [-0.05, 0) is 53.9 Å². The number of aryl methyl sites for hydroxylation is 1. The summed E-state index contributed by atoms with van der Waals surface area (Å²) in [7, 11) is 1.35. The number of hydrogen-bond acceptors (Lipinski definition) is 4. The molecule has 158 valence electrons. The summed E-state index contributed by atoms with van der Waals surface area (Å²) in [6.07, 6.45) is 0.144. The van der Waals surface area contributed by atoms with Crippen LogP contribution in [0.15, 0.2) is 60.7 Å². The Morgan fingerprint density at radius 1 is 1.10 bits per heavy atom. The maximum atomic E-state index is 13.0. The number of methoxy groups -OCH3 is 1. The minimum absolute atomic E-state index is 0.0150. The molecule has 1 aliphatic heterocycles. The lowest BCUT2D eigenvalue weighted by Gasteiger charge is -2.16. The lowest BCUT2D eigenvalue weighted by molar-refractivity contribution is -0.139. The highest BCUT2D eigenvalue weighted by molar-refractivity contribution is 6.32. The van der Waals surface area contributed by atoms with Crippen LogP contribution in [0.2, 0.25) is 5.02 Å². The number of esters is 1. The Bertz CT molecular complexity index is 1140. The molecule has 0 atom stereocenters. The van der Waals surface area contributed by atoms with E-state index in [0.717, 1.165) is 27.9 Å². The number of amides is 1. The SMILES string of the molecule is COC(=O)Cc1ccc(Cl)c(OCc2cccc3c2CN(c2ccc(C)cc2)C3=O)c1. The molecule has 6 heteroatoms. The minimum Gasteiger partial charge on any atom is -0.487 e. The molecular weight excluding hydrogens is 414 g/mol. The number of ether oxygens (including phenoxy) is 2. The number of carbonyl (C=O) groups is 2. The topological polar surface area (TPSA) is 55.8 Å². The van der Waals surface area contributed by atoms with Crippen LogP contribution in [-0.4, -0.2) is 19.0 Å². The normalized spacial score (nSPS) is 12.6. The average Bonchev–Trinajstić information content (AvgIpc) is 3.11. The fraction of sp³-hybridized carbons (Fsp3) is 0.200. The molecule has 0 bridgehead atoms. The van der Waals surface area contributed by atoms with Crippen molar-refractivity contribution in [2.45, 2.75) is 26.5 Å². The molecule has 0 fully saturated rings. The quantitative estimate of drug-likeness (QED) is 0.505. The first-order chi connectivity index (χ1) is 15.0. The fourth-order valence-corrected chi connectivity index (χ4v) is 3.80. The summed E-state index contributed by atoms with van der Waals surface area (Å²) in [4.78, 5) is 26.3. The van der Waals surface area contributed by atoms with Crippen LogP contribution in [0.25, 0.3) is 0 Å². The van der Waals surface area contributed by atoms with E-state index >= 15 is 0 Å². The third kappa shape index (κ3) is 4.42. The van der Waals surface area contributed by atoms with Crippen LogP contribution >= 0.6 is 11.6 Å². The number of carbonyl (C=O) groups excluding carboxylic acids is 2. The number of anilines is 1. The summed E-state index contributed by atoms with van der Waals surface area (Å²) in [5.41, 5.74) is 5.34. The highest BCUT2D eigenvalue weighted by Gasteiger charge is 2.30. The summed E-state index contributed by atoms with van der Waals surface area (Å²) in [6.45, 7) is 2.78. The fourth-order valence-electron chi connectivity index (χ4n) is 3.63. The first-order valence-electron chi connectivity index (χ1n) is 9.93. The smallest absolute Gasteiger partial charge is 0.309 e. The van der Waals surface area contributed by atoms with Crippen molar-refractivity contribution in [2.75, 3.05) is 12.0 Å². The number of hydrogen-bond donors (Lipinski definition) is 0. The Labute approximate surface area is 186 Å². The van der Waals surface area contributed by atoms with E-state index in [2.05, 4.69) is 0 Å². The lowest BCUT2D eigenvalue weighted by atomic mass is 10.0. The van der Waals surface area contributed by atoms with Crippen LogP contribution in [-0.2, 0) is 29.1 Å². The van der Waals surface area contributed by atoms with Crippen LogP contribution in [0.5, 0.6) is 5.75 Å². The van der Waals surface area contributed by atoms with Gasteiger partial charge in [-0.15, -0.1) is 0 Å². The Morgan fingerprint density at radius 3 is 2.61 bits per heavy atom. The monoisotopic (exact) mass is 435 g/mol. The van der Waals surface area contributed by atoms with E-state index in [4.69, 9.17) is 21.1 Å². The third-order valence-electron chi connectivity index (χ3n) is 5.37. The second-order valence-corrected chi connectivity index (χ2v) is 7.88. The average molecular weight is 436 g/mol. The van der Waals surface area contributed by atoms with Gasteiger partial charge in [-0.1, -0.05) is 47.5 Å². The van der Waals surface area contributed by atoms with Gasteiger partial charge in [0.1, 0.15) is 12.4 Å². The number of halogens is 1. The van der Waals surface area contributed by atoms with Gasteiger partial charge < -0.3 is 14.4 Å². The molecule has 3 aromatic carbocycles. The molecular formula is C25H22ClNO4. The zero-order valence-corrected chi connectivity index (χ0v) is 18.1. The van der Waals surface area contributed by atoms with E-state index in [-0.39, 0.29) is 24.9 Å². The lowest BCUT2D eigenvalue weighted by Crippen LogP contribution is -2.22. The number of nitrogens with zero attached hydrogens (tertiary/aromatic N) is 1. The Kier molecular flexibility index (Phi) is 5.96. The molecule has 1 amide bonds. The van der Waals surface area contributed by atoms with E-state index in [1.165, 1.54) is 7.11 Å². The second-order valence-electron chi connectivity index (χ2n) is 7.48. The van der Waals surface area contributed by atoms with Gasteiger partial charge in [-0.2, -0.15) is 0 Å². The van der Waals surface area contributed by atoms with Gasteiger partial charge in [0.2, 0.25) is 0 Å². The largest absolute Gasteiger partial charge is 0.487 e. The van der Waals surface area contributed by atoms with E-state index in [1.54, 1.807) is 23.1 Å². The van der Waals surface area contributed by atoms with Crippen molar-refractivity contribution >= 4 is 29.2 Å². The number of fused-ring (bicyclic) bond motifs is 1. The number of benzene rings is 3. The molecule has 0 saturated carbocycles. The Hall–Kier alpha value is -3.31. The molecule has 5 nitrogen and oxygen atoms in total. The van der Waals surface area contributed by atoms with Gasteiger partial charge in [0.15, 0.2) is 0 Å². The zero-order chi connectivity index (χ0) is 22.0. The first-order valence-corrected chi connectivity index (χ1v) is 10.3. The van der Waals surface area contributed by atoms with Crippen LogP contribution in [0.1, 0.15) is 32.6 Å². The molecule has 3 aromatic rings. The highest BCUT2D eigenvalue weighted by Crippen LogP contribution is 2.32. The standard InChI is InChI=1S/C25H22ClNO4/c1-16-6-9-19(10-7-16)27-14-21-18(4-3-5-20(21)25(27)29)15-31-23-12-17(8-11-22(23)26)13-24(28)30-2/h3-12H,13-15H2,1-2H3. The van der Waals surface area contributed by atoms with E-state index in [0.29, 0.717) is 22.9 Å². The molecule has 1 heterocycles. The predicted octanol–water partition coefficient (Wildman–Crippen LogP) is 5.10. The van der Waals surface area contributed by atoms with Crippen molar-refractivity contribution < 1.29 is 19.1 Å². The number of rotatable bonds is 6. The van der Waals surface area contributed by atoms with E-state index < -0.39 is 0 Å². The summed E-state index contributed by atoms with van der Waals surface area (Å²) >= 11 is 6.29. The van der Waals surface area contributed by atoms with Gasteiger partial charge in [0.05, 0.1) is 25.1 Å². The van der Waals surface area contributed by atoms with Crippen LogP contribution in [0, 0.1) is 6.92 Å². The maximum Gasteiger partial charge on any atom is 0.309 e. The van der Waals surface area contributed by atoms with Crippen LogP contribution in [0.4, 0.5) is 5.69 Å². The third-order valence-corrected chi connectivity index (χ3v) is 5.68. The Morgan fingerprint density at radius 2 is 1.87 bits per heavy atom. The van der Waals surface area contributed by atoms with Crippen LogP contribution in [0.3, 0.4) is 0 Å². The molecule has 0 spiro atoms. The van der Waals surface area contributed by atoms with Crippen molar-refractivity contribution in [3.05, 3.63) is 93.5 Å². The molecule has 0 radical (unpaired) electrons. The van der Waals surface area contributed by atoms with Gasteiger partial charge in [0.25, 0.3) is 5.91 Å². The maximum absolute atomic E-state index is 13.0. The van der Waals surface area contributed by atoms with Crippen LogP contribution < -0.4 is 9.64 Å². The minimum atomic E-state index is -0.330. The van der Waals surface area contributed by atoms with E-state index in [1.807, 2.05) is 49.4 Å². The second kappa shape index (κ2) is 8.82. The highest BCUT2D eigenvalue weighted by atomic mass is 35.5. The van der Waals surface area contributed by atoms with E-state index in [9.17, 15) is 9.59 Å². The molecule has 4 rings (SSSR count). The Balaban J connectivity index is 1.54.